The van der Waals surface area contributed by atoms with E-state index in [1.807, 2.05) is 42.5 Å². The Labute approximate surface area is 317 Å². The maximum Gasteiger partial charge on any atom is 0.123 e. The zero-order valence-electron chi connectivity index (χ0n) is 32.0. The van der Waals surface area contributed by atoms with Crippen molar-refractivity contribution in [3.8, 4) is 16.8 Å². The van der Waals surface area contributed by atoms with Gasteiger partial charge in [-0.25, -0.2) is 4.39 Å². The van der Waals surface area contributed by atoms with Crippen molar-refractivity contribution in [2.75, 3.05) is 4.90 Å². The molecule has 0 aliphatic heterocycles. The Morgan fingerprint density at radius 3 is 2.00 bits per heavy atom. The van der Waals surface area contributed by atoms with Crippen molar-refractivity contribution in [1.29, 1.82) is 0 Å². The number of aromatic nitrogens is 1. The standard InChI is InChI=1S/C51H37FN2/c1-51(2)47-13-7-5-11-43(47)44-30-28-42(33-48(44)51)53(41-25-20-36-9-3-4-10-37(36)32-41)39-23-17-34(18-24-39)15-16-35-19-29-46-45-12-6-8-14-49(45)54(50(46)31-35)40-26-21-38(52)22-27-40/h3-33H,1-2H3/b16-15+/i15D,16D. The van der Waals surface area contributed by atoms with E-state index in [0.29, 0.717) is 11.1 Å². The monoisotopic (exact) mass is 698 g/mol. The zero-order valence-corrected chi connectivity index (χ0v) is 30.0. The Kier molecular flexibility index (Phi) is 6.88. The molecule has 0 saturated carbocycles. The molecular weight excluding hydrogens is 660 g/mol. The van der Waals surface area contributed by atoms with Crippen LogP contribution in [0.4, 0.5) is 21.5 Å². The molecule has 0 spiro atoms. The van der Waals surface area contributed by atoms with Crippen LogP contribution in [0, 0.1) is 5.82 Å². The predicted octanol–water partition coefficient (Wildman–Crippen LogP) is 14.0. The first-order valence-corrected chi connectivity index (χ1v) is 18.4. The molecule has 258 valence electrons. The van der Waals surface area contributed by atoms with Crippen molar-refractivity contribution in [3.05, 3.63) is 204 Å². The van der Waals surface area contributed by atoms with Crippen LogP contribution in [-0.2, 0) is 5.41 Å². The molecule has 2 nitrogen and oxygen atoms in total. The summed E-state index contributed by atoms with van der Waals surface area (Å²) in [5.74, 6) is -0.293. The van der Waals surface area contributed by atoms with Gasteiger partial charge in [0, 0.05) is 38.9 Å². The van der Waals surface area contributed by atoms with E-state index in [9.17, 15) is 7.13 Å². The fourth-order valence-corrected chi connectivity index (χ4v) is 8.35. The van der Waals surface area contributed by atoms with Gasteiger partial charge in [-0.15, -0.1) is 0 Å². The van der Waals surface area contributed by atoms with Crippen LogP contribution in [-0.4, -0.2) is 4.57 Å². The number of hydrogen-bond acceptors (Lipinski definition) is 1. The maximum absolute atomic E-state index is 13.9. The fraction of sp³-hybridized carbons (Fsp3) is 0.0588. The molecule has 3 heteroatoms. The third-order valence-corrected chi connectivity index (χ3v) is 11.1. The average Bonchev–Trinajstić information content (AvgIpc) is 3.68. The van der Waals surface area contributed by atoms with Gasteiger partial charge in [-0.05, 0) is 117 Å². The molecule has 1 aromatic heterocycles. The van der Waals surface area contributed by atoms with E-state index < -0.39 is 0 Å². The first-order chi connectivity index (χ1) is 27.3. The van der Waals surface area contributed by atoms with Crippen molar-refractivity contribution in [2.24, 2.45) is 0 Å². The van der Waals surface area contributed by atoms with Crippen LogP contribution in [0.1, 0.15) is 38.8 Å². The Bertz CT molecular complexity index is 3030. The second-order valence-corrected chi connectivity index (χ2v) is 14.6. The van der Waals surface area contributed by atoms with Gasteiger partial charge in [0.1, 0.15) is 5.82 Å². The third-order valence-electron chi connectivity index (χ3n) is 11.1. The number of hydrogen-bond donors (Lipinski definition) is 0. The lowest BCUT2D eigenvalue weighted by Gasteiger charge is -2.28. The molecule has 0 saturated heterocycles. The highest BCUT2D eigenvalue weighted by Crippen LogP contribution is 2.50. The van der Waals surface area contributed by atoms with Crippen LogP contribution in [0.3, 0.4) is 0 Å². The van der Waals surface area contributed by atoms with Gasteiger partial charge in [0.25, 0.3) is 0 Å². The van der Waals surface area contributed by atoms with Crippen molar-refractivity contribution in [1.82, 2.24) is 4.57 Å². The van der Waals surface area contributed by atoms with Gasteiger partial charge in [-0.3, -0.25) is 0 Å². The molecule has 8 aromatic carbocycles. The van der Waals surface area contributed by atoms with Crippen LogP contribution in [0.2, 0.25) is 0 Å². The third kappa shape index (κ3) is 5.23. The molecule has 1 aliphatic rings. The molecule has 54 heavy (non-hydrogen) atoms. The number of fused-ring (bicyclic) bond motifs is 7. The summed E-state index contributed by atoms with van der Waals surface area (Å²) in [4.78, 5) is 2.28. The first kappa shape index (κ1) is 29.8. The minimum absolute atomic E-state index is 0.127. The Morgan fingerprint density at radius 1 is 0.519 bits per heavy atom. The molecule has 0 N–H and O–H groups in total. The van der Waals surface area contributed by atoms with Gasteiger partial charge >= 0.3 is 0 Å². The molecule has 0 unspecified atom stereocenters. The van der Waals surface area contributed by atoms with Gasteiger partial charge in [0.2, 0.25) is 0 Å². The molecule has 0 bridgehead atoms. The fourth-order valence-electron chi connectivity index (χ4n) is 8.35. The molecule has 0 fully saturated rings. The Morgan fingerprint density at radius 2 is 1.15 bits per heavy atom. The maximum atomic E-state index is 13.9. The lowest BCUT2D eigenvalue weighted by Crippen LogP contribution is -2.16. The summed E-state index contributed by atoms with van der Waals surface area (Å²) >= 11 is 0. The SMILES string of the molecule is [2H]/C(=C(/[2H])c1ccc2c3ccccc3n(-c3ccc(F)cc3)c2c1)c1ccc(N(c2ccc3c(c2)C(C)(C)c2ccccc2-3)c2ccc3ccccc3c2)cc1. The second kappa shape index (κ2) is 12.5. The van der Waals surface area contributed by atoms with E-state index in [4.69, 9.17) is 0 Å². The largest absolute Gasteiger partial charge is 0.310 e. The van der Waals surface area contributed by atoms with Gasteiger partial charge in [0.15, 0.2) is 0 Å². The molecule has 0 amide bonds. The quantitative estimate of drug-likeness (QED) is 0.157. The summed E-state index contributed by atoms with van der Waals surface area (Å²) in [7, 11) is 0. The Hall–Kier alpha value is -6.71. The van der Waals surface area contributed by atoms with Crippen LogP contribution in [0.5, 0.6) is 0 Å². The van der Waals surface area contributed by atoms with Gasteiger partial charge in [0.05, 0.1) is 13.8 Å². The minimum Gasteiger partial charge on any atom is -0.310 e. The van der Waals surface area contributed by atoms with Crippen molar-refractivity contribution < 1.29 is 7.13 Å². The van der Waals surface area contributed by atoms with Crippen LogP contribution in [0.25, 0.3) is 61.5 Å². The Balaban J connectivity index is 1.06. The summed E-state index contributed by atoms with van der Waals surface area (Å²) in [5, 5.41) is 4.44. The molecule has 9 aromatic rings. The highest BCUT2D eigenvalue weighted by atomic mass is 19.1. The van der Waals surface area contributed by atoms with Crippen molar-refractivity contribution >= 4 is 61.7 Å². The molecule has 0 radical (unpaired) electrons. The molecule has 1 heterocycles. The average molecular weight is 699 g/mol. The van der Waals surface area contributed by atoms with Crippen molar-refractivity contribution in [3.63, 3.8) is 0 Å². The minimum atomic E-state index is -0.293. The lowest BCUT2D eigenvalue weighted by atomic mass is 9.82. The summed E-state index contributed by atoms with van der Waals surface area (Å²) in [5.41, 5.74) is 12.1. The van der Waals surface area contributed by atoms with E-state index in [1.54, 1.807) is 12.1 Å². The van der Waals surface area contributed by atoms with E-state index in [0.717, 1.165) is 49.9 Å². The molecular formula is C51H37FN2. The van der Waals surface area contributed by atoms with Gasteiger partial charge in [-0.2, -0.15) is 0 Å². The zero-order chi connectivity index (χ0) is 38.1. The highest BCUT2D eigenvalue weighted by Gasteiger charge is 2.35. The number of nitrogens with zero attached hydrogens (tertiary/aromatic N) is 2. The van der Waals surface area contributed by atoms with E-state index in [2.05, 4.69) is 133 Å². The number of rotatable bonds is 6. The van der Waals surface area contributed by atoms with E-state index in [-0.39, 0.29) is 23.3 Å². The van der Waals surface area contributed by atoms with Gasteiger partial charge in [-0.1, -0.05) is 129 Å². The highest BCUT2D eigenvalue weighted by molar-refractivity contribution is 6.09. The molecule has 1 aliphatic carbocycles. The number of para-hydroxylation sites is 1. The summed E-state index contributed by atoms with van der Waals surface area (Å²) in [6, 6.07) is 59.3. The van der Waals surface area contributed by atoms with Crippen LogP contribution in [0.15, 0.2) is 176 Å². The number of halogens is 1. The topological polar surface area (TPSA) is 8.17 Å². The number of anilines is 3. The lowest BCUT2D eigenvalue weighted by molar-refractivity contribution is 0.627. The normalized spacial score (nSPS) is 14.1. The summed E-state index contributed by atoms with van der Waals surface area (Å²) in [6.07, 6.45) is 0. The van der Waals surface area contributed by atoms with E-state index >= 15 is 0 Å². The number of benzene rings is 8. The molecule has 10 rings (SSSR count). The molecule has 0 atom stereocenters. The van der Waals surface area contributed by atoms with Crippen LogP contribution >= 0.6 is 0 Å². The van der Waals surface area contributed by atoms with Crippen molar-refractivity contribution in [2.45, 2.75) is 19.3 Å². The second-order valence-electron chi connectivity index (χ2n) is 14.6. The first-order valence-electron chi connectivity index (χ1n) is 19.4. The van der Waals surface area contributed by atoms with Gasteiger partial charge < -0.3 is 9.47 Å². The summed E-state index contributed by atoms with van der Waals surface area (Å²) < 4.78 is 34.5. The predicted molar refractivity (Wildman–Crippen MR) is 226 cm³/mol. The summed E-state index contributed by atoms with van der Waals surface area (Å²) in [6.45, 7) is 4.61. The van der Waals surface area contributed by atoms with E-state index in [1.165, 1.54) is 39.8 Å². The van der Waals surface area contributed by atoms with Crippen LogP contribution < -0.4 is 4.90 Å². The smallest absolute Gasteiger partial charge is 0.123 e.